The number of rotatable bonds is 5. The molecule has 28 heavy (non-hydrogen) atoms. The zero-order valence-corrected chi connectivity index (χ0v) is 16.6. The third-order valence-electron chi connectivity index (χ3n) is 4.17. The third-order valence-corrected chi connectivity index (χ3v) is 4.76. The summed E-state index contributed by atoms with van der Waals surface area (Å²) in [6.45, 7) is 2.37. The summed E-state index contributed by atoms with van der Waals surface area (Å²) in [4.78, 5) is 0. The lowest BCUT2D eigenvalue weighted by Crippen LogP contribution is -2.21. The van der Waals surface area contributed by atoms with E-state index < -0.39 is 5.92 Å². The summed E-state index contributed by atoms with van der Waals surface area (Å²) in [5, 5.41) is 19.4. The highest BCUT2D eigenvalue weighted by atomic mass is 79.9. The molecule has 0 saturated heterocycles. The first-order valence-corrected chi connectivity index (χ1v) is 9.22. The van der Waals surface area contributed by atoms with Gasteiger partial charge in [-0.1, -0.05) is 12.0 Å². The van der Waals surface area contributed by atoms with E-state index in [-0.39, 0.29) is 23.8 Å². The predicted molar refractivity (Wildman–Crippen MR) is 107 cm³/mol. The first kappa shape index (κ1) is 19.5. The Morgan fingerprint density at radius 3 is 2.79 bits per heavy atom. The Kier molecular flexibility index (Phi) is 5.67. The Labute approximate surface area is 171 Å². The van der Waals surface area contributed by atoms with E-state index >= 15 is 0 Å². The van der Waals surface area contributed by atoms with Crippen molar-refractivity contribution in [3.63, 3.8) is 0 Å². The van der Waals surface area contributed by atoms with Crippen LogP contribution in [0.15, 0.2) is 46.3 Å². The van der Waals surface area contributed by atoms with Crippen molar-refractivity contribution >= 4 is 15.9 Å². The van der Waals surface area contributed by atoms with Crippen LogP contribution in [0.5, 0.6) is 23.0 Å². The van der Waals surface area contributed by atoms with E-state index in [1.807, 2.05) is 13.0 Å². The molecule has 0 fully saturated rings. The first-order chi connectivity index (χ1) is 13.5. The van der Waals surface area contributed by atoms with Crippen LogP contribution in [0.25, 0.3) is 0 Å². The Hall–Kier alpha value is -3.29. The third kappa shape index (κ3) is 3.58. The summed E-state index contributed by atoms with van der Waals surface area (Å²) < 4.78 is 17.5. The number of hydrogen-bond donors (Lipinski definition) is 2. The maximum Gasteiger partial charge on any atom is 0.205 e. The summed E-state index contributed by atoms with van der Waals surface area (Å²) in [6.07, 6.45) is 5.29. The molecular weight excluding hydrogens is 424 g/mol. The number of allylic oxidation sites excluding steroid dienone is 1. The van der Waals surface area contributed by atoms with Crippen LogP contribution in [-0.2, 0) is 0 Å². The lowest BCUT2D eigenvalue weighted by molar-refractivity contribution is 0.297. The smallest absolute Gasteiger partial charge is 0.205 e. The fourth-order valence-corrected chi connectivity index (χ4v) is 3.63. The van der Waals surface area contributed by atoms with Crippen LogP contribution in [0.4, 0.5) is 0 Å². The number of ether oxygens (including phenoxy) is 3. The van der Waals surface area contributed by atoms with Crippen LogP contribution >= 0.6 is 15.9 Å². The monoisotopic (exact) mass is 440 g/mol. The van der Waals surface area contributed by atoms with Crippen LogP contribution in [0.3, 0.4) is 0 Å². The van der Waals surface area contributed by atoms with Crippen molar-refractivity contribution in [3.05, 3.63) is 57.4 Å². The molecule has 2 aromatic rings. The maximum absolute atomic E-state index is 9.77. The lowest BCUT2D eigenvalue weighted by atomic mass is 9.83. The molecule has 2 aromatic carbocycles. The molecule has 0 amide bonds. The number of phenolic OH excluding ortho intramolecular Hbond substituents is 1. The van der Waals surface area contributed by atoms with Crippen LogP contribution in [0.2, 0.25) is 0 Å². The molecule has 0 aliphatic carbocycles. The highest BCUT2D eigenvalue weighted by Crippen LogP contribution is 2.46. The minimum Gasteiger partial charge on any atom is -0.508 e. The van der Waals surface area contributed by atoms with E-state index in [4.69, 9.17) is 26.4 Å². The van der Waals surface area contributed by atoms with Crippen molar-refractivity contribution in [2.75, 3.05) is 13.2 Å². The predicted octanol–water partition coefficient (Wildman–Crippen LogP) is 3.78. The van der Waals surface area contributed by atoms with E-state index in [1.54, 1.807) is 12.1 Å². The van der Waals surface area contributed by atoms with Crippen molar-refractivity contribution in [2.45, 2.75) is 12.8 Å². The van der Waals surface area contributed by atoms with Gasteiger partial charge in [0, 0.05) is 11.6 Å². The highest BCUT2D eigenvalue weighted by molar-refractivity contribution is 9.10. The van der Waals surface area contributed by atoms with Gasteiger partial charge in [0.25, 0.3) is 0 Å². The number of aromatic hydroxyl groups is 1. The second-order valence-corrected chi connectivity index (χ2v) is 6.76. The first-order valence-electron chi connectivity index (χ1n) is 8.43. The number of fused-ring (bicyclic) bond motifs is 1. The summed E-state index contributed by atoms with van der Waals surface area (Å²) in [7, 11) is 0. The molecule has 142 valence electrons. The van der Waals surface area contributed by atoms with Crippen LogP contribution < -0.4 is 19.9 Å². The molecular formula is C21H17BrN2O4. The molecule has 3 N–H and O–H groups in total. The van der Waals surface area contributed by atoms with Gasteiger partial charge in [-0.05, 0) is 46.6 Å². The van der Waals surface area contributed by atoms with E-state index in [0.29, 0.717) is 33.9 Å². The standard InChI is InChI=1S/C21H17BrN2O4/c1-3-7-27-20-16(22)8-12(9-18(20)26-4-2)19-14-6-5-13(25)10-17(14)28-21(24)15(19)11-23/h1,5-6,8-10,19,25H,4,7,24H2,2H3/t19-/m0/s1. The number of halogens is 1. The van der Waals surface area contributed by atoms with Gasteiger partial charge in [-0.3, -0.25) is 0 Å². The van der Waals surface area contributed by atoms with Crippen LogP contribution in [0.1, 0.15) is 24.0 Å². The number of hydrogen-bond acceptors (Lipinski definition) is 6. The van der Waals surface area contributed by atoms with Gasteiger partial charge in [-0.15, -0.1) is 6.42 Å². The summed E-state index contributed by atoms with van der Waals surface area (Å²) in [5.41, 5.74) is 7.70. The Morgan fingerprint density at radius 1 is 1.32 bits per heavy atom. The number of benzene rings is 2. The van der Waals surface area contributed by atoms with Gasteiger partial charge in [-0.2, -0.15) is 5.26 Å². The molecule has 0 aromatic heterocycles. The van der Waals surface area contributed by atoms with E-state index in [9.17, 15) is 10.4 Å². The van der Waals surface area contributed by atoms with Crippen molar-refractivity contribution in [1.29, 1.82) is 5.26 Å². The van der Waals surface area contributed by atoms with Gasteiger partial charge in [0.05, 0.1) is 17.0 Å². The van der Waals surface area contributed by atoms with Crippen molar-refractivity contribution in [3.8, 4) is 41.4 Å². The van der Waals surface area contributed by atoms with Crippen molar-refractivity contribution < 1.29 is 19.3 Å². The van der Waals surface area contributed by atoms with Gasteiger partial charge in [-0.25, -0.2) is 0 Å². The van der Waals surface area contributed by atoms with E-state index in [0.717, 1.165) is 5.56 Å². The fourth-order valence-electron chi connectivity index (χ4n) is 3.06. The molecule has 0 saturated carbocycles. The Balaban J connectivity index is 2.19. The van der Waals surface area contributed by atoms with Gasteiger partial charge in [0.2, 0.25) is 5.88 Å². The van der Waals surface area contributed by atoms with Crippen molar-refractivity contribution in [1.82, 2.24) is 0 Å². The quantitative estimate of drug-likeness (QED) is 0.686. The van der Waals surface area contributed by atoms with E-state index in [1.165, 1.54) is 12.1 Å². The molecule has 7 heteroatoms. The minimum absolute atomic E-state index is 0.00709. The van der Waals surface area contributed by atoms with Crippen LogP contribution in [0, 0.1) is 23.7 Å². The second kappa shape index (κ2) is 8.16. The zero-order chi connectivity index (χ0) is 20.3. The van der Waals surface area contributed by atoms with E-state index in [2.05, 4.69) is 27.9 Å². The lowest BCUT2D eigenvalue weighted by Gasteiger charge is -2.27. The van der Waals surface area contributed by atoms with Crippen LogP contribution in [-0.4, -0.2) is 18.3 Å². The van der Waals surface area contributed by atoms with Gasteiger partial charge in [0.15, 0.2) is 11.5 Å². The molecule has 0 bridgehead atoms. The number of phenols is 1. The second-order valence-electron chi connectivity index (χ2n) is 5.90. The minimum atomic E-state index is -0.494. The average Bonchev–Trinajstić information content (AvgIpc) is 2.66. The Morgan fingerprint density at radius 2 is 2.11 bits per heavy atom. The molecule has 6 nitrogen and oxygen atoms in total. The molecule has 1 atom stereocenters. The average molecular weight is 441 g/mol. The number of nitrogens with two attached hydrogens (primary N) is 1. The molecule has 3 rings (SSSR count). The fraction of sp³-hybridized carbons (Fsp3) is 0.190. The van der Waals surface area contributed by atoms with Crippen molar-refractivity contribution in [2.24, 2.45) is 5.73 Å². The largest absolute Gasteiger partial charge is 0.508 e. The Bertz CT molecular complexity index is 1030. The summed E-state index contributed by atoms with van der Waals surface area (Å²) in [5.74, 6) is 3.33. The SMILES string of the molecule is C#CCOc1c(Br)cc([C@@H]2C(C#N)=C(N)Oc3cc(O)ccc32)cc1OCC. The topological polar surface area (TPSA) is 97.7 Å². The molecule has 1 heterocycles. The molecule has 1 aliphatic heterocycles. The number of terminal acetylenes is 1. The van der Waals surface area contributed by atoms with Gasteiger partial charge >= 0.3 is 0 Å². The summed E-state index contributed by atoms with van der Waals surface area (Å²) in [6, 6.07) is 10.5. The summed E-state index contributed by atoms with van der Waals surface area (Å²) >= 11 is 3.50. The number of nitrogens with zero attached hydrogens (tertiary/aromatic N) is 1. The maximum atomic E-state index is 9.77. The highest BCUT2D eigenvalue weighted by Gasteiger charge is 2.32. The molecule has 0 unspecified atom stereocenters. The number of nitriles is 1. The normalized spacial score (nSPS) is 15.1. The molecule has 1 aliphatic rings. The molecule has 0 spiro atoms. The molecule has 0 radical (unpaired) electrons. The van der Waals surface area contributed by atoms with Gasteiger partial charge in [0.1, 0.15) is 29.7 Å². The van der Waals surface area contributed by atoms with Gasteiger partial charge < -0.3 is 25.1 Å². The zero-order valence-electron chi connectivity index (χ0n) is 15.0.